The number of aromatic hydroxyl groups is 1. The predicted octanol–water partition coefficient (Wildman–Crippen LogP) is 2.38. The number of phenolic OH excluding ortho intramolecular Hbond substituents is 1. The molecule has 0 bridgehead atoms. The lowest BCUT2D eigenvalue weighted by Crippen LogP contribution is -2.14. The van der Waals surface area contributed by atoms with E-state index in [4.69, 9.17) is 16.3 Å². The summed E-state index contributed by atoms with van der Waals surface area (Å²) in [4.78, 5) is 39.3. The summed E-state index contributed by atoms with van der Waals surface area (Å²) in [6.07, 6.45) is 2.23. The van der Waals surface area contributed by atoms with Gasteiger partial charge in [0.15, 0.2) is 0 Å². The summed E-state index contributed by atoms with van der Waals surface area (Å²) < 4.78 is 9.49. The van der Waals surface area contributed by atoms with Crippen molar-refractivity contribution >= 4 is 41.2 Å². The Balaban J connectivity index is 1.92. The number of carbonyl (C=O) groups is 3. The van der Waals surface area contributed by atoms with Crippen molar-refractivity contribution in [2.45, 2.75) is 19.3 Å². The Morgan fingerprint density at radius 2 is 1.87 bits per heavy atom. The smallest absolute Gasteiger partial charge is 0.340 e. The van der Waals surface area contributed by atoms with Crippen LogP contribution < -0.4 is 5.43 Å². The highest BCUT2D eigenvalue weighted by Gasteiger charge is 2.28. The maximum atomic E-state index is 12.4. The van der Waals surface area contributed by atoms with Gasteiger partial charge >= 0.3 is 11.9 Å². The van der Waals surface area contributed by atoms with Gasteiger partial charge in [0, 0.05) is 5.56 Å². The third-order valence-electron chi connectivity index (χ3n) is 4.74. The molecular formula is C21H20ClN3O6. The van der Waals surface area contributed by atoms with E-state index in [0.717, 1.165) is 5.56 Å². The largest absolute Gasteiger partial charge is 0.508 e. The number of hydrogen-bond donors (Lipinski definition) is 3. The molecule has 0 aliphatic carbocycles. The summed E-state index contributed by atoms with van der Waals surface area (Å²) in [5.74, 6) is -1.56. The molecule has 10 heteroatoms. The maximum absolute atomic E-state index is 12.4. The molecule has 0 unspecified atom stereocenters. The molecule has 2 aromatic rings. The molecule has 1 aliphatic rings. The van der Waals surface area contributed by atoms with Gasteiger partial charge in [0.05, 0.1) is 43.2 Å². The SMILES string of the molecule is COC(=O)Cc1c(Cl)[nH]c(/C=C2/C(=O)NN=C2CCc2ccc(O)cc2)c1C(=O)OC. The first kappa shape index (κ1) is 22.1. The van der Waals surface area contributed by atoms with Crippen LogP contribution in [-0.2, 0) is 31.9 Å². The van der Waals surface area contributed by atoms with Crippen molar-refractivity contribution < 1.29 is 29.0 Å². The summed E-state index contributed by atoms with van der Waals surface area (Å²) in [5.41, 5.74) is 4.60. The fraction of sp³-hybridized carbons (Fsp3) is 0.238. The zero-order chi connectivity index (χ0) is 22.5. The summed E-state index contributed by atoms with van der Waals surface area (Å²) in [6.45, 7) is 0. The molecular weight excluding hydrogens is 426 g/mol. The van der Waals surface area contributed by atoms with Crippen LogP contribution in [0, 0.1) is 0 Å². The Morgan fingerprint density at radius 1 is 1.16 bits per heavy atom. The average molecular weight is 446 g/mol. The van der Waals surface area contributed by atoms with Gasteiger partial charge in [-0.15, -0.1) is 0 Å². The molecule has 1 amide bonds. The van der Waals surface area contributed by atoms with E-state index < -0.39 is 17.8 Å². The molecule has 3 rings (SSSR count). The molecule has 2 heterocycles. The quantitative estimate of drug-likeness (QED) is 0.443. The number of aromatic nitrogens is 1. The van der Waals surface area contributed by atoms with Gasteiger partial charge in [-0.1, -0.05) is 23.7 Å². The number of amides is 1. The van der Waals surface area contributed by atoms with Crippen molar-refractivity contribution in [3.8, 4) is 5.75 Å². The second-order valence-electron chi connectivity index (χ2n) is 6.67. The minimum absolute atomic E-state index is 0.0444. The first-order valence-electron chi connectivity index (χ1n) is 9.26. The molecule has 0 spiro atoms. The van der Waals surface area contributed by atoms with E-state index in [0.29, 0.717) is 18.6 Å². The van der Waals surface area contributed by atoms with Gasteiger partial charge in [0.1, 0.15) is 10.9 Å². The first-order valence-corrected chi connectivity index (χ1v) is 9.64. The monoisotopic (exact) mass is 445 g/mol. The lowest BCUT2D eigenvalue weighted by atomic mass is 10.00. The number of nitrogens with zero attached hydrogens (tertiary/aromatic N) is 1. The van der Waals surface area contributed by atoms with Gasteiger partial charge < -0.3 is 19.6 Å². The summed E-state index contributed by atoms with van der Waals surface area (Å²) in [5, 5.41) is 13.5. The molecule has 0 radical (unpaired) electrons. The Bertz CT molecular complexity index is 1090. The molecule has 3 N–H and O–H groups in total. The molecule has 1 aliphatic heterocycles. The van der Waals surface area contributed by atoms with Crippen LogP contribution in [0.1, 0.15) is 33.6 Å². The third kappa shape index (κ3) is 4.95. The molecule has 0 saturated heterocycles. The van der Waals surface area contributed by atoms with E-state index in [-0.39, 0.29) is 39.7 Å². The van der Waals surface area contributed by atoms with Crippen LogP contribution in [0.25, 0.3) is 6.08 Å². The molecule has 1 aromatic heterocycles. The average Bonchev–Trinajstić information content (AvgIpc) is 3.26. The van der Waals surface area contributed by atoms with Crippen LogP contribution in [0.15, 0.2) is 34.9 Å². The fourth-order valence-corrected chi connectivity index (χ4v) is 3.40. The van der Waals surface area contributed by atoms with Gasteiger partial charge in [0.25, 0.3) is 5.91 Å². The molecule has 0 atom stereocenters. The Labute approximate surface area is 182 Å². The number of aromatic amines is 1. The standard InChI is InChI=1S/C21H20ClN3O6/c1-30-17(27)10-14-18(21(29)31-2)16(23-19(14)22)9-13-15(24-25-20(13)28)8-5-11-3-6-12(26)7-4-11/h3-4,6-7,9,23,26H,5,8,10H2,1-2H3,(H,25,28)/b13-9+. The van der Waals surface area contributed by atoms with E-state index in [1.807, 2.05) is 0 Å². The highest BCUT2D eigenvalue weighted by molar-refractivity contribution is 6.32. The van der Waals surface area contributed by atoms with Crippen LogP contribution >= 0.6 is 11.6 Å². The van der Waals surface area contributed by atoms with Crippen molar-refractivity contribution in [3.63, 3.8) is 0 Å². The topological polar surface area (TPSA) is 130 Å². The van der Waals surface area contributed by atoms with Crippen LogP contribution in [0.3, 0.4) is 0 Å². The number of nitrogens with one attached hydrogen (secondary N) is 2. The van der Waals surface area contributed by atoms with Crippen molar-refractivity contribution in [1.82, 2.24) is 10.4 Å². The highest BCUT2D eigenvalue weighted by atomic mass is 35.5. The molecule has 1 aromatic carbocycles. The lowest BCUT2D eigenvalue weighted by Gasteiger charge is -2.05. The van der Waals surface area contributed by atoms with Gasteiger partial charge in [-0.25, -0.2) is 10.2 Å². The number of esters is 2. The van der Waals surface area contributed by atoms with E-state index in [9.17, 15) is 19.5 Å². The van der Waals surface area contributed by atoms with Crippen LogP contribution in [0.4, 0.5) is 0 Å². The first-order chi connectivity index (χ1) is 14.8. The zero-order valence-corrected chi connectivity index (χ0v) is 17.6. The minimum atomic E-state index is -0.713. The number of ether oxygens (including phenoxy) is 2. The van der Waals surface area contributed by atoms with Gasteiger partial charge in [-0.2, -0.15) is 5.10 Å². The molecule has 31 heavy (non-hydrogen) atoms. The summed E-state index contributed by atoms with van der Waals surface area (Å²) >= 11 is 6.21. The van der Waals surface area contributed by atoms with Gasteiger partial charge in [-0.05, 0) is 36.6 Å². The molecule has 0 saturated carbocycles. The number of rotatable bonds is 7. The van der Waals surface area contributed by atoms with E-state index in [2.05, 4.69) is 20.2 Å². The van der Waals surface area contributed by atoms with Crippen molar-refractivity contribution in [3.05, 3.63) is 57.4 Å². The van der Waals surface area contributed by atoms with E-state index >= 15 is 0 Å². The van der Waals surface area contributed by atoms with E-state index in [1.54, 1.807) is 24.3 Å². The second kappa shape index (κ2) is 9.48. The molecule has 9 nitrogen and oxygen atoms in total. The predicted molar refractivity (Wildman–Crippen MR) is 113 cm³/mol. The van der Waals surface area contributed by atoms with Crippen molar-refractivity contribution in [1.29, 1.82) is 0 Å². The summed E-state index contributed by atoms with van der Waals surface area (Å²) in [7, 11) is 2.43. The number of hydrogen-bond acceptors (Lipinski definition) is 7. The van der Waals surface area contributed by atoms with Gasteiger partial charge in [-0.3, -0.25) is 9.59 Å². The van der Waals surface area contributed by atoms with Gasteiger partial charge in [0.2, 0.25) is 0 Å². The normalized spacial score (nSPS) is 14.4. The number of methoxy groups -OCH3 is 2. The zero-order valence-electron chi connectivity index (χ0n) is 16.8. The third-order valence-corrected chi connectivity index (χ3v) is 5.06. The number of hydrazone groups is 1. The van der Waals surface area contributed by atoms with Crippen molar-refractivity contribution in [2.75, 3.05) is 14.2 Å². The summed E-state index contributed by atoms with van der Waals surface area (Å²) in [6, 6.07) is 6.72. The maximum Gasteiger partial charge on any atom is 0.340 e. The second-order valence-corrected chi connectivity index (χ2v) is 7.05. The fourth-order valence-electron chi connectivity index (χ4n) is 3.13. The molecule has 0 fully saturated rings. The van der Waals surface area contributed by atoms with Crippen LogP contribution in [-0.4, -0.2) is 47.9 Å². The van der Waals surface area contributed by atoms with Crippen molar-refractivity contribution in [2.24, 2.45) is 5.10 Å². The molecule has 162 valence electrons. The Kier molecular flexibility index (Phi) is 6.76. The van der Waals surface area contributed by atoms with Crippen LogP contribution in [0.2, 0.25) is 5.15 Å². The minimum Gasteiger partial charge on any atom is -0.508 e. The number of aryl methyl sites for hydroxylation is 1. The number of benzene rings is 1. The van der Waals surface area contributed by atoms with E-state index in [1.165, 1.54) is 20.3 Å². The Morgan fingerprint density at radius 3 is 2.52 bits per heavy atom. The number of H-pyrrole nitrogens is 1. The number of carbonyl (C=O) groups excluding carboxylic acids is 3. The number of halogens is 1. The number of phenols is 1. The lowest BCUT2D eigenvalue weighted by molar-refractivity contribution is -0.139. The highest BCUT2D eigenvalue weighted by Crippen LogP contribution is 2.28. The Hall–Kier alpha value is -3.59. The van der Waals surface area contributed by atoms with Crippen LogP contribution in [0.5, 0.6) is 5.75 Å².